The molecule has 160 valence electrons. The number of amides is 1. The normalized spacial score (nSPS) is 12.4. The highest BCUT2D eigenvalue weighted by Gasteiger charge is 2.30. The zero-order valence-electron chi connectivity index (χ0n) is 16.5. The van der Waals surface area contributed by atoms with Gasteiger partial charge in [-0.15, -0.1) is 0 Å². The summed E-state index contributed by atoms with van der Waals surface area (Å²) < 4.78 is 48.6. The van der Waals surface area contributed by atoms with Gasteiger partial charge in [-0.1, -0.05) is 24.3 Å². The lowest BCUT2D eigenvalue weighted by Gasteiger charge is -2.18. The van der Waals surface area contributed by atoms with Crippen LogP contribution >= 0.6 is 0 Å². The Hall–Kier alpha value is -3.29. The number of carbonyl (C=O) groups excluding carboxylic acids is 2. The Morgan fingerprint density at radius 1 is 1.13 bits per heavy atom. The van der Waals surface area contributed by atoms with Gasteiger partial charge in [0.05, 0.1) is 31.7 Å². The van der Waals surface area contributed by atoms with Crippen LogP contribution < -0.4 is 10.1 Å². The van der Waals surface area contributed by atoms with Crippen LogP contribution in [-0.2, 0) is 20.5 Å². The van der Waals surface area contributed by atoms with Gasteiger partial charge in [-0.3, -0.25) is 9.59 Å². The molecule has 0 aliphatic carbocycles. The van der Waals surface area contributed by atoms with Crippen LogP contribution in [-0.4, -0.2) is 25.6 Å². The van der Waals surface area contributed by atoms with Gasteiger partial charge >= 0.3 is 12.1 Å². The molecule has 0 bridgehead atoms. The lowest BCUT2D eigenvalue weighted by Crippen LogP contribution is -2.29. The molecule has 8 heteroatoms. The smallest absolute Gasteiger partial charge is 0.416 e. The summed E-state index contributed by atoms with van der Waals surface area (Å²) >= 11 is 0. The van der Waals surface area contributed by atoms with Gasteiger partial charge in [-0.2, -0.15) is 13.2 Å². The van der Waals surface area contributed by atoms with Crippen LogP contribution in [0.3, 0.4) is 0 Å². The van der Waals surface area contributed by atoms with E-state index in [9.17, 15) is 22.8 Å². The first kappa shape index (κ1) is 23.0. The van der Waals surface area contributed by atoms with E-state index < -0.39 is 29.7 Å². The predicted octanol–water partition coefficient (Wildman–Crippen LogP) is 4.54. The van der Waals surface area contributed by atoms with Crippen LogP contribution in [0.5, 0.6) is 5.75 Å². The molecule has 0 heterocycles. The first-order chi connectivity index (χ1) is 14.2. The number of esters is 1. The molecule has 0 aromatic heterocycles. The van der Waals surface area contributed by atoms with Crippen molar-refractivity contribution in [2.24, 2.45) is 0 Å². The fourth-order valence-electron chi connectivity index (χ4n) is 2.71. The summed E-state index contributed by atoms with van der Waals surface area (Å²) in [5.41, 5.74) is 0.0492. The van der Waals surface area contributed by atoms with E-state index >= 15 is 0 Å². The summed E-state index contributed by atoms with van der Waals surface area (Å²) in [6, 6.07) is 10.8. The fraction of sp³-hybridized carbons (Fsp3) is 0.273. The van der Waals surface area contributed by atoms with Crippen LogP contribution in [0.1, 0.15) is 36.1 Å². The molecule has 1 atom stereocenters. The number of carbonyl (C=O) groups is 2. The second-order valence-corrected chi connectivity index (χ2v) is 6.30. The molecule has 0 spiro atoms. The van der Waals surface area contributed by atoms with Crippen LogP contribution in [0, 0.1) is 0 Å². The van der Waals surface area contributed by atoms with E-state index in [1.807, 2.05) is 0 Å². The van der Waals surface area contributed by atoms with Crippen molar-refractivity contribution in [3.05, 3.63) is 71.3 Å². The maximum atomic E-state index is 12.8. The highest BCUT2D eigenvalue weighted by atomic mass is 19.4. The van der Waals surface area contributed by atoms with Gasteiger partial charge in [0.15, 0.2) is 0 Å². The molecule has 0 saturated heterocycles. The molecule has 1 N–H and O–H groups in total. The summed E-state index contributed by atoms with van der Waals surface area (Å²) in [4.78, 5) is 24.3. The van der Waals surface area contributed by atoms with Crippen molar-refractivity contribution < 1.29 is 32.2 Å². The number of hydrogen-bond donors (Lipinski definition) is 1. The molecule has 2 aromatic carbocycles. The van der Waals surface area contributed by atoms with Gasteiger partial charge in [0.25, 0.3) is 0 Å². The minimum atomic E-state index is -4.47. The SMILES string of the molecule is CCOC(=O)CC(NC(=O)/C=C/c1cccc(C(F)(F)F)c1)c1cccc(OC)c1. The first-order valence-corrected chi connectivity index (χ1v) is 9.18. The molecular formula is C22H22F3NO4. The second-order valence-electron chi connectivity index (χ2n) is 6.30. The minimum Gasteiger partial charge on any atom is -0.497 e. The maximum absolute atomic E-state index is 12.8. The zero-order chi connectivity index (χ0) is 22.1. The molecule has 1 amide bonds. The highest BCUT2D eigenvalue weighted by Crippen LogP contribution is 2.29. The van der Waals surface area contributed by atoms with Crippen LogP contribution in [0.25, 0.3) is 6.08 Å². The third-order valence-electron chi connectivity index (χ3n) is 4.13. The zero-order valence-corrected chi connectivity index (χ0v) is 16.5. The summed E-state index contributed by atoms with van der Waals surface area (Å²) in [6.45, 7) is 1.88. The summed E-state index contributed by atoms with van der Waals surface area (Å²) in [5, 5.41) is 2.68. The number of halogens is 3. The van der Waals surface area contributed by atoms with E-state index in [0.717, 1.165) is 18.2 Å². The molecule has 5 nitrogen and oxygen atoms in total. The third-order valence-corrected chi connectivity index (χ3v) is 4.13. The van der Waals surface area contributed by atoms with Crippen LogP contribution in [0.2, 0.25) is 0 Å². The van der Waals surface area contributed by atoms with Gasteiger partial charge in [0, 0.05) is 6.08 Å². The third kappa shape index (κ3) is 6.95. The molecule has 2 rings (SSSR count). The number of alkyl halides is 3. The van der Waals surface area contributed by atoms with E-state index in [0.29, 0.717) is 11.3 Å². The van der Waals surface area contributed by atoms with Gasteiger partial charge in [-0.25, -0.2) is 0 Å². The summed E-state index contributed by atoms with van der Waals surface area (Å²) in [6.07, 6.45) is -2.18. The van der Waals surface area contributed by atoms with Crippen molar-refractivity contribution >= 4 is 18.0 Å². The van der Waals surface area contributed by atoms with E-state index in [1.54, 1.807) is 31.2 Å². The maximum Gasteiger partial charge on any atom is 0.416 e. The van der Waals surface area contributed by atoms with Crippen molar-refractivity contribution in [2.45, 2.75) is 25.6 Å². The molecule has 0 saturated carbocycles. The molecule has 1 unspecified atom stereocenters. The topological polar surface area (TPSA) is 64.6 Å². The average Bonchev–Trinajstić information content (AvgIpc) is 2.71. The Bertz CT molecular complexity index is 909. The number of hydrogen-bond acceptors (Lipinski definition) is 4. The Balaban J connectivity index is 2.17. The lowest BCUT2D eigenvalue weighted by atomic mass is 10.0. The van der Waals surface area contributed by atoms with Crippen LogP contribution in [0.4, 0.5) is 13.2 Å². The van der Waals surface area contributed by atoms with Crippen molar-refractivity contribution in [1.29, 1.82) is 0 Å². The Kier molecular flexibility index (Phi) is 8.03. The molecule has 0 fully saturated rings. The molecule has 0 radical (unpaired) electrons. The average molecular weight is 421 g/mol. The highest BCUT2D eigenvalue weighted by molar-refractivity contribution is 5.92. The lowest BCUT2D eigenvalue weighted by molar-refractivity contribution is -0.143. The number of ether oxygens (including phenoxy) is 2. The van der Waals surface area contributed by atoms with E-state index in [2.05, 4.69) is 5.32 Å². The molecule has 2 aromatic rings. The minimum absolute atomic E-state index is 0.107. The number of methoxy groups -OCH3 is 1. The van der Waals surface area contributed by atoms with Crippen molar-refractivity contribution in [2.75, 3.05) is 13.7 Å². The summed E-state index contributed by atoms with van der Waals surface area (Å²) in [7, 11) is 1.50. The number of benzene rings is 2. The molecule has 30 heavy (non-hydrogen) atoms. The van der Waals surface area contributed by atoms with Gasteiger partial charge in [-0.05, 0) is 48.4 Å². The Morgan fingerprint density at radius 3 is 2.53 bits per heavy atom. The molecular weight excluding hydrogens is 399 g/mol. The summed E-state index contributed by atoms with van der Waals surface area (Å²) in [5.74, 6) is -0.507. The van der Waals surface area contributed by atoms with E-state index in [4.69, 9.17) is 9.47 Å². The van der Waals surface area contributed by atoms with Crippen molar-refractivity contribution in [1.82, 2.24) is 5.32 Å². The number of nitrogens with one attached hydrogen (secondary N) is 1. The standard InChI is InChI=1S/C22H22F3NO4/c1-3-30-21(28)14-19(16-7-5-9-18(13-16)29-2)26-20(27)11-10-15-6-4-8-17(12-15)22(23,24)25/h4-13,19H,3,14H2,1-2H3,(H,26,27)/b11-10+. The van der Waals surface area contributed by atoms with Gasteiger partial charge in [0.2, 0.25) is 5.91 Å². The quantitative estimate of drug-likeness (QED) is 0.502. The predicted molar refractivity (Wildman–Crippen MR) is 106 cm³/mol. The monoisotopic (exact) mass is 421 g/mol. The van der Waals surface area contributed by atoms with E-state index in [-0.39, 0.29) is 18.6 Å². The van der Waals surface area contributed by atoms with Crippen molar-refractivity contribution in [3.8, 4) is 5.75 Å². The van der Waals surface area contributed by atoms with Gasteiger partial charge in [0.1, 0.15) is 5.75 Å². The van der Waals surface area contributed by atoms with Crippen molar-refractivity contribution in [3.63, 3.8) is 0 Å². The Morgan fingerprint density at radius 2 is 1.87 bits per heavy atom. The molecule has 0 aliphatic rings. The first-order valence-electron chi connectivity index (χ1n) is 9.18. The Labute approximate surface area is 172 Å². The number of rotatable bonds is 8. The van der Waals surface area contributed by atoms with E-state index in [1.165, 1.54) is 25.3 Å². The molecule has 0 aliphatic heterocycles. The van der Waals surface area contributed by atoms with Gasteiger partial charge < -0.3 is 14.8 Å². The van der Waals surface area contributed by atoms with Crippen LogP contribution in [0.15, 0.2) is 54.6 Å². The fourth-order valence-corrected chi connectivity index (χ4v) is 2.71. The second kappa shape index (κ2) is 10.5. The largest absolute Gasteiger partial charge is 0.497 e.